The number of hydrogen-bond acceptors (Lipinski definition) is 5. The fraction of sp³-hybridized carbons (Fsp3) is 0.807. The van der Waals surface area contributed by atoms with Crippen LogP contribution in [0.2, 0.25) is 0 Å². The van der Waals surface area contributed by atoms with Crippen LogP contribution >= 0.6 is 0 Å². The van der Waals surface area contributed by atoms with E-state index in [0.717, 1.165) is 64.2 Å². The first kappa shape index (κ1) is 61.0. The van der Waals surface area contributed by atoms with Gasteiger partial charge in [0, 0.05) is 0 Å². The van der Waals surface area contributed by atoms with Crippen LogP contribution in [0.3, 0.4) is 0 Å². The minimum Gasteiger partial charge on any atom is -0.394 e. The summed E-state index contributed by atoms with van der Waals surface area (Å²) in [5.74, 6) is -0.601. The van der Waals surface area contributed by atoms with Crippen LogP contribution in [0.15, 0.2) is 60.8 Å². The standard InChI is InChI=1S/C57H105NO5/c1-3-5-7-9-11-13-15-17-19-21-23-25-26-27-28-29-30-31-33-34-36-38-40-42-44-46-48-50-54(60)56(62)53(52-59)58-57(63)55(61)51-49-47-45-43-41-39-37-35-32-24-22-20-18-16-14-12-10-8-6-4-2/h6,8,12,14,29-30,34,36,42,44,53-56,59-62H,3-5,7,9-11,13,15-28,31-33,35,37-41,43,45-52H2,1-2H3,(H,58,63)/b8-6-,14-12-,30-29+,36-34+,44-42+. The van der Waals surface area contributed by atoms with Crippen molar-refractivity contribution in [1.82, 2.24) is 5.32 Å². The fourth-order valence-electron chi connectivity index (χ4n) is 8.18. The Bertz CT molecular complexity index is 1080. The van der Waals surface area contributed by atoms with E-state index in [1.807, 2.05) is 0 Å². The van der Waals surface area contributed by atoms with Crippen molar-refractivity contribution in [1.29, 1.82) is 0 Å². The maximum absolute atomic E-state index is 12.6. The number of allylic oxidation sites excluding steroid dienone is 10. The largest absolute Gasteiger partial charge is 0.394 e. The molecule has 0 aromatic carbocycles. The van der Waals surface area contributed by atoms with Crippen molar-refractivity contribution in [2.75, 3.05) is 6.61 Å². The highest BCUT2D eigenvalue weighted by Crippen LogP contribution is 2.16. The number of amides is 1. The third kappa shape index (κ3) is 45.0. The molecule has 4 atom stereocenters. The summed E-state index contributed by atoms with van der Waals surface area (Å²) in [6.45, 7) is 3.95. The SMILES string of the molecule is CC/C=C\C/C=C\CCCCCCCCCCCCCCCC(O)C(=O)NC(CO)C(O)C(O)CCC/C=C/CC/C=C/CC/C=C/CCCCCCCCCCCCCCCC. The van der Waals surface area contributed by atoms with Crippen LogP contribution in [-0.4, -0.2) is 57.3 Å². The molecule has 0 aliphatic carbocycles. The van der Waals surface area contributed by atoms with Gasteiger partial charge in [0.25, 0.3) is 0 Å². The van der Waals surface area contributed by atoms with Crippen molar-refractivity contribution in [2.45, 2.75) is 289 Å². The van der Waals surface area contributed by atoms with E-state index in [1.165, 1.54) is 167 Å². The van der Waals surface area contributed by atoms with Gasteiger partial charge in [0.15, 0.2) is 0 Å². The van der Waals surface area contributed by atoms with Gasteiger partial charge < -0.3 is 25.7 Å². The number of aliphatic hydroxyl groups excluding tert-OH is 4. The van der Waals surface area contributed by atoms with Gasteiger partial charge in [-0.05, 0) is 89.9 Å². The lowest BCUT2D eigenvalue weighted by molar-refractivity contribution is -0.132. The molecule has 0 spiro atoms. The van der Waals surface area contributed by atoms with Gasteiger partial charge in [-0.1, -0.05) is 235 Å². The second-order valence-electron chi connectivity index (χ2n) is 18.5. The lowest BCUT2D eigenvalue weighted by Crippen LogP contribution is -2.53. The van der Waals surface area contributed by atoms with Crippen molar-refractivity contribution in [3.05, 3.63) is 60.8 Å². The summed E-state index contributed by atoms with van der Waals surface area (Å²) in [5.41, 5.74) is 0. The molecule has 6 nitrogen and oxygen atoms in total. The van der Waals surface area contributed by atoms with Crippen LogP contribution in [0.4, 0.5) is 0 Å². The molecule has 0 saturated carbocycles. The zero-order valence-electron chi connectivity index (χ0n) is 41.6. The zero-order chi connectivity index (χ0) is 45.9. The molecule has 0 aromatic heterocycles. The number of unbranched alkanes of at least 4 members (excludes halogenated alkanes) is 30. The average Bonchev–Trinajstić information content (AvgIpc) is 3.29. The van der Waals surface area contributed by atoms with Crippen molar-refractivity contribution in [3.63, 3.8) is 0 Å². The first-order chi connectivity index (χ1) is 31.0. The molecule has 1 amide bonds. The minimum atomic E-state index is -1.30. The van der Waals surface area contributed by atoms with Gasteiger partial charge in [-0.3, -0.25) is 4.79 Å². The first-order valence-corrected chi connectivity index (χ1v) is 27.2. The normalized spacial score (nSPS) is 14.3. The molecule has 0 fully saturated rings. The van der Waals surface area contributed by atoms with Crippen LogP contribution in [0.25, 0.3) is 0 Å². The van der Waals surface area contributed by atoms with E-state index in [-0.39, 0.29) is 0 Å². The van der Waals surface area contributed by atoms with Gasteiger partial charge in [0.2, 0.25) is 5.91 Å². The molecule has 0 radical (unpaired) electrons. The molecule has 0 rings (SSSR count). The van der Waals surface area contributed by atoms with Gasteiger partial charge in [0.05, 0.1) is 18.8 Å². The van der Waals surface area contributed by atoms with Crippen LogP contribution in [0.1, 0.15) is 264 Å². The van der Waals surface area contributed by atoms with Crippen LogP contribution in [-0.2, 0) is 4.79 Å². The molecule has 0 heterocycles. The van der Waals surface area contributed by atoms with E-state index in [4.69, 9.17) is 0 Å². The molecular formula is C57H105NO5. The van der Waals surface area contributed by atoms with E-state index in [2.05, 4.69) is 79.9 Å². The van der Waals surface area contributed by atoms with Crippen molar-refractivity contribution in [2.24, 2.45) is 0 Å². The highest BCUT2D eigenvalue weighted by molar-refractivity contribution is 5.80. The third-order valence-electron chi connectivity index (χ3n) is 12.4. The molecule has 0 aliphatic heterocycles. The van der Waals surface area contributed by atoms with Gasteiger partial charge in [-0.25, -0.2) is 0 Å². The third-order valence-corrected chi connectivity index (χ3v) is 12.4. The molecule has 0 aromatic rings. The molecule has 6 heteroatoms. The van der Waals surface area contributed by atoms with Crippen LogP contribution in [0, 0.1) is 0 Å². The molecule has 5 N–H and O–H groups in total. The minimum absolute atomic E-state index is 0.355. The van der Waals surface area contributed by atoms with Crippen molar-refractivity contribution < 1.29 is 25.2 Å². The summed E-state index contributed by atoms with van der Waals surface area (Å²) in [6, 6.07) is -1.01. The lowest BCUT2D eigenvalue weighted by atomic mass is 10.00. The quantitative estimate of drug-likeness (QED) is 0.0309. The molecule has 63 heavy (non-hydrogen) atoms. The van der Waals surface area contributed by atoms with E-state index in [9.17, 15) is 25.2 Å². The molecule has 0 aliphatic rings. The first-order valence-electron chi connectivity index (χ1n) is 27.2. The van der Waals surface area contributed by atoms with E-state index < -0.39 is 36.9 Å². The Morgan fingerprint density at radius 2 is 0.762 bits per heavy atom. The Morgan fingerprint density at radius 3 is 1.17 bits per heavy atom. The summed E-state index contributed by atoms with van der Waals surface area (Å²) < 4.78 is 0. The van der Waals surface area contributed by atoms with E-state index >= 15 is 0 Å². The van der Waals surface area contributed by atoms with Crippen molar-refractivity contribution >= 4 is 5.91 Å². The number of aliphatic hydroxyl groups is 4. The predicted octanol–water partition coefficient (Wildman–Crippen LogP) is 15.6. The molecule has 4 unspecified atom stereocenters. The second kappa shape index (κ2) is 51.0. The summed E-state index contributed by atoms with van der Waals surface area (Å²) in [4.78, 5) is 12.6. The maximum atomic E-state index is 12.6. The Labute approximate surface area is 391 Å². The van der Waals surface area contributed by atoms with Crippen molar-refractivity contribution in [3.8, 4) is 0 Å². The smallest absolute Gasteiger partial charge is 0.249 e. The highest BCUT2D eigenvalue weighted by atomic mass is 16.3. The van der Waals surface area contributed by atoms with Crippen LogP contribution < -0.4 is 5.32 Å². The average molecular weight is 884 g/mol. The Kier molecular flexibility index (Phi) is 49.4. The second-order valence-corrected chi connectivity index (χ2v) is 18.5. The molecule has 0 saturated heterocycles. The molecule has 0 bridgehead atoms. The Morgan fingerprint density at radius 1 is 0.413 bits per heavy atom. The number of rotatable bonds is 49. The number of carbonyl (C=O) groups is 1. The summed E-state index contributed by atoms with van der Waals surface area (Å²) in [5, 5.41) is 43.9. The monoisotopic (exact) mass is 884 g/mol. The van der Waals surface area contributed by atoms with E-state index in [1.54, 1.807) is 0 Å². The van der Waals surface area contributed by atoms with Gasteiger partial charge in [0.1, 0.15) is 12.2 Å². The summed E-state index contributed by atoms with van der Waals surface area (Å²) in [6.07, 6.45) is 65.7. The Hall–Kier alpha value is -1.99. The molecule has 368 valence electrons. The summed E-state index contributed by atoms with van der Waals surface area (Å²) in [7, 11) is 0. The number of hydrogen-bond donors (Lipinski definition) is 5. The zero-order valence-corrected chi connectivity index (χ0v) is 41.6. The van der Waals surface area contributed by atoms with Gasteiger partial charge in [-0.2, -0.15) is 0 Å². The predicted molar refractivity (Wildman–Crippen MR) is 274 cm³/mol. The fourth-order valence-corrected chi connectivity index (χ4v) is 8.18. The lowest BCUT2D eigenvalue weighted by Gasteiger charge is -2.27. The van der Waals surface area contributed by atoms with Gasteiger partial charge in [-0.15, -0.1) is 0 Å². The van der Waals surface area contributed by atoms with Gasteiger partial charge >= 0.3 is 0 Å². The molecular weight excluding hydrogens is 779 g/mol. The van der Waals surface area contributed by atoms with E-state index in [0.29, 0.717) is 19.3 Å². The number of carbonyl (C=O) groups excluding carboxylic acids is 1. The highest BCUT2D eigenvalue weighted by Gasteiger charge is 2.28. The Balaban J connectivity index is 3.73. The topological polar surface area (TPSA) is 110 Å². The maximum Gasteiger partial charge on any atom is 0.249 e. The van der Waals surface area contributed by atoms with Crippen LogP contribution in [0.5, 0.6) is 0 Å². The summed E-state index contributed by atoms with van der Waals surface area (Å²) >= 11 is 0. The number of nitrogens with one attached hydrogen (secondary N) is 1.